The first-order valence-electron chi connectivity index (χ1n) is 7.64. The van der Waals surface area contributed by atoms with Gasteiger partial charge in [-0.25, -0.2) is 4.98 Å². The number of carbonyl (C=O) groups excluding carboxylic acids is 1. The third-order valence-corrected chi connectivity index (χ3v) is 4.62. The monoisotopic (exact) mass is 327 g/mol. The maximum Gasteiger partial charge on any atom is 0.224 e. The van der Waals surface area contributed by atoms with Crippen molar-refractivity contribution in [3.63, 3.8) is 0 Å². The Morgan fingerprint density at radius 3 is 2.78 bits per heavy atom. The highest BCUT2D eigenvalue weighted by Gasteiger charge is 2.19. The van der Waals surface area contributed by atoms with Crippen LogP contribution in [0.15, 0.2) is 24.3 Å². The second-order valence-electron chi connectivity index (χ2n) is 6.01. The summed E-state index contributed by atoms with van der Waals surface area (Å²) in [5, 5.41) is 11.0. The van der Waals surface area contributed by atoms with Gasteiger partial charge in [0, 0.05) is 13.3 Å². The highest BCUT2D eigenvalue weighted by Crippen LogP contribution is 2.31. The smallest absolute Gasteiger partial charge is 0.224 e. The third-order valence-electron chi connectivity index (χ3n) is 3.42. The van der Waals surface area contributed by atoms with Gasteiger partial charge in [-0.1, -0.05) is 26.0 Å². The number of amides is 1. The normalized spacial score (nSPS) is 10.6. The molecule has 0 saturated heterocycles. The number of nitrogens with zero attached hydrogens (tertiary/aromatic N) is 3. The van der Waals surface area contributed by atoms with E-state index in [2.05, 4.69) is 24.9 Å². The SMILES string of the molecule is CC(=O)N(Cc1cccc(C#N)c1)c1sc(CC(C)C)nc1C. The zero-order chi connectivity index (χ0) is 17.0. The second-order valence-corrected chi connectivity index (χ2v) is 7.08. The van der Waals surface area contributed by atoms with Crippen LogP contribution in [0.1, 0.15) is 42.6 Å². The largest absolute Gasteiger partial charge is 0.298 e. The van der Waals surface area contributed by atoms with E-state index in [0.29, 0.717) is 18.0 Å². The molecule has 0 aliphatic heterocycles. The maximum absolute atomic E-state index is 12.1. The number of hydrogen-bond acceptors (Lipinski definition) is 4. The molecule has 0 bridgehead atoms. The predicted octanol–water partition coefficient (Wildman–Crippen LogP) is 4.07. The molecule has 5 heteroatoms. The Morgan fingerprint density at radius 1 is 1.43 bits per heavy atom. The molecular formula is C18H21N3OS. The molecule has 0 saturated carbocycles. The van der Waals surface area contributed by atoms with Gasteiger partial charge in [0.25, 0.3) is 0 Å². The summed E-state index contributed by atoms with van der Waals surface area (Å²) < 4.78 is 0. The van der Waals surface area contributed by atoms with Gasteiger partial charge in [0.1, 0.15) is 5.00 Å². The van der Waals surface area contributed by atoms with Gasteiger partial charge in [-0.3, -0.25) is 9.69 Å². The average Bonchev–Trinajstić information content (AvgIpc) is 2.84. The van der Waals surface area contributed by atoms with Crippen molar-refractivity contribution in [1.29, 1.82) is 5.26 Å². The minimum Gasteiger partial charge on any atom is -0.298 e. The Labute approximate surface area is 141 Å². The summed E-state index contributed by atoms with van der Waals surface area (Å²) in [5.41, 5.74) is 2.43. The number of aromatic nitrogens is 1. The maximum atomic E-state index is 12.1. The van der Waals surface area contributed by atoms with Crippen molar-refractivity contribution in [2.75, 3.05) is 4.90 Å². The molecule has 0 aliphatic carbocycles. The molecule has 0 spiro atoms. The molecule has 120 valence electrons. The molecule has 0 unspecified atom stereocenters. The first-order valence-corrected chi connectivity index (χ1v) is 8.45. The molecule has 23 heavy (non-hydrogen) atoms. The van der Waals surface area contributed by atoms with Crippen molar-refractivity contribution >= 4 is 22.2 Å². The number of rotatable bonds is 5. The van der Waals surface area contributed by atoms with Crippen LogP contribution in [0.5, 0.6) is 0 Å². The first-order chi connectivity index (χ1) is 10.9. The Balaban J connectivity index is 2.30. The van der Waals surface area contributed by atoms with E-state index >= 15 is 0 Å². The zero-order valence-corrected chi connectivity index (χ0v) is 14.8. The van der Waals surface area contributed by atoms with E-state index < -0.39 is 0 Å². The predicted molar refractivity (Wildman–Crippen MR) is 93.4 cm³/mol. The molecule has 0 atom stereocenters. The minimum absolute atomic E-state index is 0.0183. The summed E-state index contributed by atoms with van der Waals surface area (Å²) in [6.45, 7) is 8.28. The lowest BCUT2D eigenvalue weighted by Gasteiger charge is -2.20. The fraction of sp³-hybridized carbons (Fsp3) is 0.389. The molecule has 0 radical (unpaired) electrons. The number of anilines is 1. The molecule has 1 amide bonds. The molecule has 0 N–H and O–H groups in total. The van der Waals surface area contributed by atoms with Crippen LogP contribution in [0.4, 0.5) is 5.00 Å². The van der Waals surface area contributed by atoms with E-state index in [1.165, 1.54) is 0 Å². The summed E-state index contributed by atoms with van der Waals surface area (Å²) in [5.74, 6) is 0.515. The van der Waals surface area contributed by atoms with E-state index in [9.17, 15) is 4.79 Å². The molecule has 2 rings (SSSR count). The van der Waals surface area contributed by atoms with E-state index in [0.717, 1.165) is 27.7 Å². The summed E-state index contributed by atoms with van der Waals surface area (Å²) in [6.07, 6.45) is 0.918. The number of carbonyl (C=O) groups is 1. The van der Waals surface area contributed by atoms with Crippen LogP contribution in [0.2, 0.25) is 0 Å². The van der Waals surface area contributed by atoms with Gasteiger partial charge in [0.2, 0.25) is 5.91 Å². The van der Waals surface area contributed by atoms with Crippen LogP contribution in [0.3, 0.4) is 0 Å². The van der Waals surface area contributed by atoms with Crippen LogP contribution in [0.25, 0.3) is 0 Å². The lowest BCUT2D eigenvalue weighted by molar-refractivity contribution is -0.116. The highest BCUT2D eigenvalue weighted by atomic mass is 32.1. The molecule has 2 aromatic rings. The van der Waals surface area contributed by atoms with Crippen LogP contribution in [-0.4, -0.2) is 10.9 Å². The average molecular weight is 327 g/mol. The fourth-order valence-corrected chi connectivity index (χ4v) is 3.70. The van der Waals surface area contributed by atoms with Crippen molar-refractivity contribution in [2.45, 2.75) is 40.7 Å². The van der Waals surface area contributed by atoms with Crippen LogP contribution in [-0.2, 0) is 17.8 Å². The quantitative estimate of drug-likeness (QED) is 0.831. The summed E-state index contributed by atoms with van der Waals surface area (Å²) in [7, 11) is 0. The lowest BCUT2D eigenvalue weighted by Crippen LogP contribution is -2.27. The Morgan fingerprint density at radius 2 is 2.17 bits per heavy atom. The number of hydrogen-bond donors (Lipinski definition) is 0. The van der Waals surface area contributed by atoms with Crippen molar-refractivity contribution in [2.24, 2.45) is 5.92 Å². The standard InChI is InChI=1S/C18H21N3OS/c1-12(2)8-17-20-13(3)18(23-17)21(14(4)22)11-16-7-5-6-15(9-16)10-19/h5-7,9,12H,8,11H2,1-4H3. The third kappa shape index (κ3) is 4.40. The fourth-order valence-electron chi connectivity index (χ4n) is 2.38. The molecule has 0 fully saturated rings. The molecule has 4 nitrogen and oxygen atoms in total. The summed E-state index contributed by atoms with van der Waals surface area (Å²) in [4.78, 5) is 18.5. The van der Waals surface area contributed by atoms with Gasteiger partial charge < -0.3 is 0 Å². The Bertz CT molecular complexity index is 743. The zero-order valence-electron chi connectivity index (χ0n) is 14.0. The number of thiazole rings is 1. The number of nitriles is 1. The first kappa shape index (κ1) is 17.2. The molecule has 1 aromatic carbocycles. The molecule has 1 heterocycles. The Hall–Kier alpha value is -2.19. The molecular weight excluding hydrogens is 306 g/mol. The number of benzene rings is 1. The minimum atomic E-state index is -0.0183. The molecule has 0 aliphatic rings. The Kier molecular flexibility index (Phi) is 5.51. The van der Waals surface area contributed by atoms with Gasteiger partial charge in [-0.05, 0) is 30.5 Å². The molecule has 1 aromatic heterocycles. The van der Waals surface area contributed by atoms with Crippen molar-refractivity contribution in [3.8, 4) is 6.07 Å². The van der Waals surface area contributed by atoms with E-state index in [4.69, 9.17) is 5.26 Å². The van der Waals surface area contributed by atoms with E-state index in [1.807, 2.05) is 25.1 Å². The second kappa shape index (κ2) is 7.38. The van der Waals surface area contributed by atoms with Gasteiger partial charge in [-0.2, -0.15) is 5.26 Å². The van der Waals surface area contributed by atoms with E-state index in [1.54, 1.807) is 29.2 Å². The summed E-state index contributed by atoms with van der Waals surface area (Å²) in [6, 6.07) is 9.49. The van der Waals surface area contributed by atoms with Gasteiger partial charge in [0.05, 0.1) is 28.9 Å². The topological polar surface area (TPSA) is 57.0 Å². The van der Waals surface area contributed by atoms with Crippen LogP contribution < -0.4 is 4.90 Å². The van der Waals surface area contributed by atoms with Crippen molar-refractivity contribution in [3.05, 3.63) is 46.1 Å². The van der Waals surface area contributed by atoms with Crippen LogP contribution in [0, 0.1) is 24.2 Å². The van der Waals surface area contributed by atoms with Crippen molar-refractivity contribution in [1.82, 2.24) is 4.98 Å². The lowest BCUT2D eigenvalue weighted by atomic mass is 10.1. The number of aryl methyl sites for hydroxylation is 1. The van der Waals surface area contributed by atoms with Crippen LogP contribution >= 0.6 is 11.3 Å². The van der Waals surface area contributed by atoms with Gasteiger partial charge >= 0.3 is 0 Å². The highest BCUT2D eigenvalue weighted by molar-refractivity contribution is 7.16. The van der Waals surface area contributed by atoms with Crippen molar-refractivity contribution < 1.29 is 4.79 Å². The van der Waals surface area contributed by atoms with Gasteiger partial charge in [-0.15, -0.1) is 11.3 Å². The van der Waals surface area contributed by atoms with E-state index in [-0.39, 0.29) is 5.91 Å². The summed E-state index contributed by atoms with van der Waals surface area (Å²) >= 11 is 1.58. The van der Waals surface area contributed by atoms with Gasteiger partial charge in [0.15, 0.2) is 0 Å².